The zero-order valence-corrected chi connectivity index (χ0v) is 11.7. The predicted octanol–water partition coefficient (Wildman–Crippen LogP) is 2.43. The largest absolute Gasteiger partial charge is 0.477 e. The van der Waals surface area contributed by atoms with Crippen molar-refractivity contribution in [2.75, 3.05) is 5.32 Å². The topological polar surface area (TPSA) is 88.2 Å². The summed E-state index contributed by atoms with van der Waals surface area (Å²) in [6.07, 6.45) is 0.736. The van der Waals surface area contributed by atoms with Crippen molar-refractivity contribution in [1.29, 1.82) is 0 Å². The Morgan fingerprint density at radius 2 is 2.20 bits per heavy atom. The number of carboxylic acid groups (broad SMARTS) is 1. The molecular weight excluding hydrogens is 258 g/mol. The number of aromatic carboxylic acids is 1. The highest BCUT2D eigenvalue weighted by Crippen LogP contribution is 2.16. The second-order valence-electron chi connectivity index (χ2n) is 4.77. The van der Waals surface area contributed by atoms with E-state index in [1.165, 1.54) is 6.07 Å². The lowest BCUT2D eigenvalue weighted by Gasteiger charge is -2.14. The van der Waals surface area contributed by atoms with Gasteiger partial charge in [-0.05, 0) is 39.3 Å². The molecule has 0 radical (unpaired) electrons. The summed E-state index contributed by atoms with van der Waals surface area (Å²) in [6, 6.07) is 4.97. The molecule has 20 heavy (non-hydrogen) atoms. The standard InChI is InChI=1S/C14H17N3O3/c1-8(7-11-9(2)17-20-10(11)3)15-13-6-4-5-12(16-13)14(18)19/h4-6,8H,7H2,1-3H3,(H,15,16)(H,18,19). The highest BCUT2D eigenvalue weighted by atomic mass is 16.5. The average Bonchev–Trinajstić information content (AvgIpc) is 2.71. The van der Waals surface area contributed by atoms with Crippen LogP contribution in [-0.4, -0.2) is 27.3 Å². The molecule has 6 heteroatoms. The van der Waals surface area contributed by atoms with Gasteiger partial charge in [-0.25, -0.2) is 9.78 Å². The third-order valence-electron chi connectivity index (χ3n) is 3.05. The Bertz CT molecular complexity index is 602. The van der Waals surface area contributed by atoms with Crippen LogP contribution < -0.4 is 5.32 Å². The van der Waals surface area contributed by atoms with Crippen LogP contribution in [0.25, 0.3) is 0 Å². The van der Waals surface area contributed by atoms with Gasteiger partial charge in [0.2, 0.25) is 0 Å². The number of carbonyl (C=O) groups is 1. The fourth-order valence-corrected chi connectivity index (χ4v) is 2.04. The van der Waals surface area contributed by atoms with E-state index in [9.17, 15) is 4.79 Å². The van der Waals surface area contributed by atoms with Gasteiger partial charge in [-0.2, -0.15) is 0 Å². The molecule has 0 aliphatic rings. The molecule has 0 aliphatic heterocycles. The number of nitrogens with one attached hydrogen (secondary N) is 1. The van der Waals surface area contributed by atoms with Crippen LogP contribution >= 0.6 is 0 Å². The number of nitrogens with zero attached hydrogens (tertiary/aromatic N) is 2. The molecule has 0 saturated carbocycles. The first kappa shape index (κ1) is 14.0. The number of carboxylic acids is 1. The highest BCUT2D eigenvalue weighted by molar-refractivity contribution is 5.85. The molecule has 2 heterocycles. The minimum atomic E-state index is -1.04. The molecule has 0 saturated heterocycles. The zero-order chi connectivity index (χ0) is 14.7. The van der Waals surface area contributed by atoms with Crippen LogP contribution in [0, 0.1) is 13.8 Å². The molecule has 2 aromatic rings. The molecule has 1 unspecified atom stereocenters. The number of aromatic nitrogens is 2. The van der Waals surface area contributed by atoms with Gasteiger partial charge in [0, 0.05) is 11.6 Å². The van der Waals surface area contributed by atoms with E-state index in [-0.39, 0.29) is 11.7 Å². The van der Waals surface area contributed by atoms with Crippen molar-refractivity contribution >= 4 is 11.8 Å². The predicted molar refractivity (Wildman–Crippen MR) is 74.0 cm³/mol. The highest BCUT2D eigenvalue weighted by Gasteiger charge is 2.13. The normalized spacial score (nSPS) is 12.2. The maximum Gasteiger partial charge on any atom is 0.354 e. The van der Waals surface area contributed by atoms with Crippen LogP contribution in [0.5, 0.6) is 0 Å². The van der Waals surface area contributed by atoms with Crippen molar-refractivity contribution in [3.63, 3.8) is 0 Å². The molecule has 0 amide bonds. The molecule has 2 rings (SSSR count). The average molecular weight is 275 g/mol. The van der Waals surface area contributed by atoms with Crippen molar-refractivity contribution < 1.29 is 14.4 Å². The van der Waals surface area contributed by atoms with Crippen molar-refractivity contribution in [2.45, 2.75) is 33.2 Å². The number of hydrogen-bond donors (Lipinski definition) is 2. The molecule has 2 N–H and O–H groups in total. The van der Waals surface area contributed by atoms with E-state index in [4.69, 9.17) is 9.63 Å². The number of aryl methyl sites for hydroxylation is 2. The first-order chi connectivity index (χ1) is 9.47. The molecule has 1 atom stereocenters. The summed E-state index contributed by atoms with van der Waals surface area (Å²) in [5.41, 5.74) is 1.97. The summed E-state index contributed by atoms with van der Waals surface area (Å²) in [4.78, 5) is 14.9. The zero-order valence-electron chi connectivity index (χ0n) is 11.7. The Morgan fingerprint density at radius 3 is 2.80 bits per heavy atom. The smallest absolute Gasteiger partial charge is 0.354 e. The van der Waals surface area contributed by atoms with Crippen molar-refractivity contribution in [2.24, 2.45) is 0 Å². The lowest BCUT2D eigenvalue weighted by atomic mass is 10.1. The Morgan fingerprint density at radius 1 is 1.45 bits per heavy atom. The Kier molecular flexibility index (Phi) is 4.02. The van der Waals surface area contributed by atoms with Gasteiger partial charge in [0.1, 0.15) is 11.6 Å². The fraction of sp³-hybridized carbons (Fsp3) is 0.357. The van der Waals surface area contributed by atoms with Crippen LogP contribution in [0.1, 0.15) is 34.4 Å². The van der Waals surface area contributed by atoms with E-state index < -0.39 is 5.97 Å². The summed E-state index contributed by atoms with van der Waals surface area (Å²) in [6.45, 7) is 5.79. The summed E-state index contributed by atoms with van der Waals surface area (Å²) in [7, 11) is 0. The second kappa shape index (κ2) is 5.73. The van der Waals surface area contributed by atoms with E-state index in [0.29, 0.717) is 5.82 Å². The molecule has 0 aromatic carbocycles. The summed E-state index contributed by atoms with van der Waals surface area (Å²) >= 11 is 0. The summed E-state index contributed by atoms with van der Waals surface area (Å²) in [5, 5.41) is 16.0. The molecule has 0 fully saturated rings. The van der Waals surface area contributed by atoms with Crippen molar-refractivity contribution in [3.8, 4) is 0 Å². The van der Waals surface area contributed by atoms with Crippen LogP contribution in [0.15, 0.2) is 22.7 Å². The molecule has 6 nitrogen and oxygen atoms in total. The van der Waals surface area contributed by atoms with E-state index in [0.717, 1.165) is 23.4 Å². The van der Waals surface area contributed by atoms with Gasteiger partial charge >= 0.3 is 5.97 Å². The molecular formula is C14H17N3O3. The number of anilines is 1. The van der Waals surface area contributed by atoms with E-state index in [1.54, 1.807) is 12.1 Å². The van der Waals surface area contributed by atoms with E-state index in [2.05, 4.69) is 15.5 Å². The van der Waals surface area contributed by atoms with Gasteiger partial charge in [0.05, 0.1) is 5.69 Å². The third kappa shape index (κ3) is 3.14. The van der Waals surface area contributed by atoms with E-state index in [1.807, 2.05) is 20.8 Å². The van der Waals surface area contributed by atoms with Gasteiger partial charge in [-0.1, -0.05) is 11.2 Å². The third-order valence-corrected chi connectivity index (χ3v) is 3.05. The van der Waals surface area contributed by atoms with Gasteiger partial charge < -0.3 is 14.9 Å². The fourth-order valence-electron chi connectivity index (χ4n) is 2.04. The first-order valence-electron chi connectivity index (χ1n) is 6.36. The lowest BCUT2D eigenvalue weighted by molar-refractivity contribution is 0.0690. The number of hydrogen-bond acceptors (Lipinski definition) is 5. The minimum absolute atomic E-state index is 0.0274. The molecule has 0 spiro atoms. The molecule has 0 bridgehead atoms. The molecule has 106 valence electrons. The summed E-state index contributed by atoms with van der Waals surface area (Å²) in [5.74, 6) is 0.319. The van der Waals surface area contributed by atoms with Crippen LogP contribution in [-0.2, 0) is 6.42 Å². The molecule has 2 aromatic heterocycles. The van der Waals surface area contributed by atoms with Gasteiger partial charge in [0.25, 0.3) is 0 Å². The van der Waals surface area contributed by atoms with Gasteiger partial charge in [0.15, 0.2) is 5.69 Å². The Hall–Kier alpha value is -2.37. The SMILES string of the molecule is Cc1noc(C)c1CC(C)Nc1cccc(C(=O)O)n1. The number of rotatable bonds is 5. The quantitative estimate of drug-likeness (QED) is 0.871. The van der Waals surface area contributed by atoms with E-state index >= 15 is 0 Å². The lowest BCUT2D eigenvalue weighted by Crippen LogP contribution is -2.20. The Labute approximate surface area is 116 Å². The monoisotopic (exact) mass is 275 g/mol. The first-order valence-corrected chi connectivity index (χ1v) is 6.36. The van der Waals surface area contributed by atoms with Crippen LogP contribution in [0.3, 0.4) is 0 Å². The van der Waals surface area contributed by atoms with Crippen molar-refractivity contribution in [1.82, 2.24) is 10.1 Å². The van der Waals surface area contributed by atoms with Crippen molar-refractivity contribution in [3.05, 3.63) is 40.9 Å². The van der Waals surface area contributed by atoms with Crippen LogP contribution in [0.4, 0.5) is 5.82 Å². The maximum atomic E-state index is 10.9. The van der Waals surface area contributed by atoms with Gasteiger partial charge in [-0.15, -0.1) is 0 Å². The summed E-state index contributed by atoms with van der Waals surface area (Å²) < 4.78 is 5.13. The van der Waals surface area contributed by atoms with Gasteiger partial charge in [-0.3, -0.25) is 0 Å². The second-order valence-corrected chi connectivity index (χ2v) is 4.77. The maximum absolute atomic E-state index is 10.9. The minimum Gasteiger partial charge on any atom is -0.477 e. The Balaban J connectivity index is 2.06. The molecule has 0 aliphatic carbocycles. The number of pyridine rings is 1. The van der Waals surface area contributed by atoms with Crippen LogP contribution in [0.2, 0.25) is 0 Å².